The van der Waals surface area contributed by atoms with Crippen LogP contribution in [0.5, 0.6) is 5.75 Å². The Morgan fingerprint density at radius 1 is 1.43 bits per heavy atom. The van der Waals surface area contributed by atoms with Crippen LogP contribution in [0.1, 0.15) is 24.5 Å². The summed E-state index contributed by atoms with van der Waals surface area (Å²) in [6.45, 7) is 5.26. The number of esters is 1. The lowest BCUT2D eigenvalue weighted by atomic mass is 10.1. The monoisotopic (exact) mass is 314 g/mol. The average molecular weight is 314 g/mol. The summed E-state index contributed by atoms with van der Waals surface area (Å²) < 4.78 is 10.2. The third-order valence-corrected chi connectivity index (χ3v) is 2.96. The lowest BCUT2D eigenvalue weighted by Crippen LogP contribution is -2.14. The van der Waals surface area contributed by atoms with Crippen LogP contribution in [0.4, 0.5) is 0 Å². The second-order valence-corrected chi connectivity index (χ2v) is 4.62. The molecule has 0 atom stereocenters. The predicted molar refractivity (Wildman–Crippen MR) is 86.4 cm³/mol. The van der Waals surface area contributed by atoms with E-state index in [0.29, 0.717) is 29.8 Å². The van der Waals surface area contributed by atoms with Gasteiger partial charge in [0.1, 0.15) is 11.3 Å². The molecule has 0 amide bonds. The summed E-state index contributed by atoms with van der Waals surface area (Å²) in [5.41, 5.74) is 0.851. The second-order valence-electron chi connectivity index (χ2n) is 4.62. The van der Waals surface area contributed by atoms with Gasteiger partial charge in [0.2, 0.25) is 0 Å². The number of benzene rings is 1. The predicted octanol–water partition coefficient (Wildman–Crippen LogP) is 2.17. The minimum Gasteiger partial charge on any atom is -0.496 e. The summed E-state index contributed by atoms with van der Waals surface area (Å²) in [6, 6.07) is 6.71. The molecule has 6 heteroatoms. The number of hydrogen-bond acceptors (Lipinski definition) is 6. The highest BCUT2D eigenvalue weighted by atomic mass is 16.5. The summed E-state index contributed by atoms with van der Waals surface area (Å²) >= 11 is 0. The minimum atomic E-state index is -0.701. The standard InChI is InChI=1S/C17H18N2O4/c1-12(20)15(17(21)23-8-4-7-19-2)10-14-6-5-13(11-18)9-16(14)22-3/h5-6,9-10H,2,4,7-8H2,1,3H3/b15-10-. The van der Waals surface area contributed by atoms with Crippen LogP contribution in [0.3, 0.4) is 0 Å². The second kappa shape index (κ2) is 9.15. The van der Waals surface area contributed by atoms with Gasteiger partial charge in [0.05, 0.1) is 25.3 Å². The summed E-state index contributed by atoms with van der Waals surface area (Å²) in [7, 11) is 1.45. The van der Waals surface area contributed by atoms with Gasteiger partial charge in [0, 0.05) is 18.5 Å². The first-order valence-electron chi connectivity index (χ1n) is 6.93. The third kappa shape index (κ3) is 5.40. The first-order valence-corrected chi connectivity index (χ1v) is 6.93. The molecule has 6 nitrogen and oxygen atoms in total. The molecule has 0 saturated heterocycles. The summed E-state index contributed by atoms with van der Waals surface area (Å²) in [4.78, 5) is 27.4. The SMILES string of the molecule is C=NCCCOC(=O)/C(=C\c1ccc(C#N)cc1OC)C(C)=O. The van der Waals surface area contributed by atoms with E-state index in [0.717, 1.165) is 0 Å². The van der Waals surface area contributed by atoms with Gasteiger partial charge in [-0.05, 0) is 37.9 Å². The molecule has 0 aliphatic heterocycles. The van der Waals surface area contributed by atoms with Crippen molar-refractivity contribution in [3.05, 3.63) is 34.9 Å². The van der Waals surface area contributed by atoms with Gasteiger partial charge in [-0.25, -0.2) is 4.79 Å². The van der Waals surface area contributed by atoms with Crippen molar-refractivity contribution in [1.82, 2.24) is 0 Å². The first kappa shape index (κ1) is 18.1. The van der Waals surface area contributed by atoms with E-state index < -0.39 is 11.8 Å². The molecule has 0 bridgehead atoms. The number of Topliss-reactive ketones (excluding diaryl/α,β-unsaturated/α-hetero) is 1. The van der Waals surface area contributed by atoms with Crippen LogP contribution in [0.25, 0.3) is 6.08 Å². The van der Waals surface area contributed by atoms with E-state index >= 15 is 0 Å². The highest BCUT2D eigenvalue weighted by Gasteiger charge is 2.17. The number of hydrogen-bond donors (Lipinski definition) is 0. The van der Waals surface area contributed by atoms with Crippen molar-refractivity contribution in [2.45, 2.75) is 13.3 Å². The molecule has 0 saturated carbocycles. The van der Waals surface area contributed by atoms with Gasteiger partial charge in [0.15, 0.2) is 5.78 Å². The molecule has 1 aromatic carbocycles. The molecule has 0 radical (unpaired) electrons. The summed E-state index contributed by atoms with van der Waals surface area (Å²) in [5, 5.41) is 8.89. The van der Waals surface area contributed by atoms with Gasteiger partial charge >= 0.3 is 5.97 Å². The zero-order valence-corrected chi connectivity index (χ0v) is 13.2. The van der Waals surface area contributed by atoms with E-state index in [1.54, 1.807) is 12.1 Å². The average Bonchev–Trinajstić information content (AvgIpc) is 2.55. The molecule has 120 valence electrons. The maximum atomic E-state index is 12.0. The molecule has 0 spiro atoms. The van der Waals surface area contributed by atoms with Crippen LogP contribution in [0, 0.1) is 11.3 Å². The summed E-state index contributed by atoms with van der Waals surface area (Å²) in [5.74, 6) is -0.720. The van der Waals surface area contributed by atoms with Crippen molar-refractivity contribution >= 4 is 24.5 Å². The normalized spacial score (nSPS) is 10.6. The van der Waals surface area contributed by atoms with Crippen LogP contribution in [0.2, 0.25) is 0 Å². The Bertz CT molecular complexity index is 672. The van der Waals surface area contributed by atoms with E-state index in [9.17, 15) is 9.59 Å². The number of nitriles is 1. The zero-order valence-electron chi connectivity index (χ0n) is 13.2. The Labute approximate surface area is 135 Å². The molecular weight excluding hydrogens is 296 g/mol. The van der Waals surface area contributed by atoms with Crippen LogP contribution in [-0.4, -0.2) is 38.7 Å². The molecule has 1 rings (SSSR count). The fraction of sp³-hybridized carbons (Fsp3) is 0.294. The number of methoxy groups -OCH3 is 1. The highest BCUT2D eigenvalue weighted by molar-refractivity contribution is 6.19. The fourth-order valence-electron chi connectivity index (χ4n) is 1.78. The molecule has 23 heavy (non-hydrogen) atoms. The highest BCUT2D eigenvalue weighted by Crippen LogP contribution is 2.23. The number of ketones is 1. The van der Waals surface area contributed by atoms with Gasteiger partial charge in [-0.1, -0.05) is 0 Å². The Morgan fingerprint density at radius 3 is 2.74 bits per heavy atom. The van der Waals surface area contributed by atoms with Crippen molar-refractivity contribution in [2.75, 3.05) is 20.3 Å². The largest absolute Gasteiger partial charge is 0.496 e. The molecule has 1 aromatic rings. The Balaban J connectivity index is 3.03. The number of carbonyl (C=O) groups excluding carboxylic acids is 2. The number of carbonyl (C=O) groups is 2. The first-order chi connectivity index (χ1) is 11.0. The molecule has 0 aliphatic carbocycles. The molecule has 0 aromatic heterocycles. The van der Waals surface area contributed by atoms with E-state index in [1.807, 2.05) is 6.07 Å². The lowest BCUT2D eigenvalue weighted by Gasteiger charge is -2.08. The van der Waals surface area contributed by atoms with Gasteiger partial charge in [0.25, 0.3) is 0 Å². The molecule has 0 unspecified atom stereocenters. The molecule has 0 aliphatic rings. The van der Waals surface area contributed by atoms with Crippen LogP contribution < -0.4 is 4.74 Å². The van der Waals surface area contributed by atoms with Gasteiger partial charge in [-0.2, -0.15) is 5.26 Å². The molecule has 0 heterocycles. The van der Waals surface area contributed by atoms with Crippen molar-refractivity contribution < 1.29 is 19.1 Å². The smallest absolute Gasteiger partial charge is 0.341 e. The maximum absolute atomic E-state index is 12.0. The van der Waals surface area contributed by atoms with Crippen LogP contribution >= 0.6 is 0 Å². The minimum absolute atomic E-state index is 0.0837. The van der Waals surface area contributed by atoms with Crippen molar-refractivity contribution in [1.29, 1.82) is 5.26 Å². The third-order valence-electron chi connectivity index (χ3n) is 2.96. The topological polar surface area (TPSA) is 88.8 Å². The van der Waals surface area contributed by atoms with Gasteiger partial charge in [-0.3, -0.25) is 4.79 Å². The van der Waals surface area contributed by atoms with E-state index in [1.165, 1.54) is 26.2 Å². The van der Waals surface area contributed by atoms with Crippen molar-refractivity contribution in [2.24, 2.45) is 4.99 Å². The Hall–Kier alpha value is -2.94. The number of rotatable bonds is 8. The quantitative estimate of drug-likeness (QED) is 0.183. The fourth-order valence-corrected chi connectivity index (χ4v) is 1.78. The number of aliphatic imine (C=N–C) groups is 1. The maximum Gasteiger partial charge on any atom is 0.341 e. The Kier molecular flexibility index (Phi) is 7.21. The van der Waals surface area contributed by atoms with E-state index in [2.05, 4.69) is 11.7 Å². The van der Waals surface area contributed by atoms with Crippen LogP contribution in [0.15, 0.2) is 28.8 Å². The Morgan fingerprint density at radius 2 is 2.17 bits per heavy atom. The van der Waals surface area contributed by atoms with E-state index in [-0.39, 0.29) is 12.2 Å². The molecule has 0 N–H and O–H groups in total. The van der Waals surface area contributed by atoms with Crippen LogP contribution in [-0.2, 0) is 14.3 Å². The number of ether oxygens (including phenoxy) is 2. The van der Waals surface area contributed by atoms with E-state index in [4.69, 9.17) is 14.7 Å². The zero-order chi connectivity index (χ0) is 17.2. The summed E-state index contributed by atoms with van der Waals surface area (Å²) in [6.07, 6.45) is 1.94. The lowest BCUT2D eigenvalue weighted by molar-refractivity contribution is -0.140. The van der Waals surface area contributed by atoms with Gasteiger partial charge in [-0.15, -0.1) is 0 Å². The van der Waals surface area contributed by atoms with Crippen molar-refractivity contribution in [3.8, 4) is 11.8 Å². The van der Waals surface area contributed by atoms with Gasteiger partial charge < -0.3 is 14.5 Å². The van der Waals surface area contributed by atoms with Crippen molar-refractivity contribution in [3.63, 3.8) is 0 Å². The number of nitrogens with zero attached hydrogens (tertiary/aromatic N) is 2. The molecular formula is C17H18N2O4. The molecule has 0 fully saturated rings.